The molecule has 3 N–H and O–H groups in total. The van der Waals surface area contributed by atoms with E-state index in [1.54, 1.807) is 18.2 Å². The van der Waals surface area contributed by atoms with Gasteiger partial charge in [0.1, 0.15) is 5.82 Å². The van der Waals surface area contributed by atoms with Crippen LogP contribution in [0.25, 0.3) is 0 Å². The van der Waals surface area contributed by atoms with E-state index in [2.05, 4.69) is 10.2 Å². The van der Waals surface area contributed by atoms with E-state index in [0.29, 0.717) is 24.5 Å². The zero-order valence-corrected chi connectivity index (χ0v) is 12.1. The van der Waals surface area contributed by atoms with Crippen LogP contribution in [0.15, 0.2) is 24.3 Å². The molecule has 0 aliphatic carbocycles. The van der Waals surface area contributed by atoms with E-state index in [1.807, 2.05) is 0 Å². The Morgan fingerprint density at radius 3 is 2.62 bits per heavy atom. The lowest BCUT2D eigenvalue weighted by Gasteiger charge is -2.37. The predicted molar refractivity (Wildman–Crippen MR) is 80.4 cm³/mol. The lowest BCUT2D eigenvalue weighted by molar-refractivity contribution is -0.116. The molecule has 2 saturated heterocycles. The molecule has 0 aromatic heterocycles. The highest BCUT2D eigenvalue weighted by atomic mass is 19.1. The highest BCUT2D eigenvalue weighted by Crippen LogP contribution is 2.34. The van der Waals surface area contributed by atoms with Crippen molar-refractivity contribution in [3.63, 3.8) is 0 Å². The number of fused-ring (bicyclic) bond motifs is 2. The predicted octanol–water partition coefficient (Wildman–Crippen LogP) is 2.11. The summed E-state index contributed by atoms with van der Waals surface area (Å²) in [5, 5.41) is 2.64. The third kappa shape index (κ3) is 3.24. The molecule has 114 valence electrons. The Labute approximate surface area is 124 Å². The fourth-order valence-corrected chi connectivity index (χ4v) is 3.69. The first kappa shape index (κ1) is 14.5. The van der Waals surface area contributed by atoms with Gasteiger partial charge in [0.2, 0.25) is 5.91 Å². The number of carbonyl (C=O) groups is 1. The average Bonchev–Trinajstić information content (AvgIpc) is 2.69. The van der Waals surface area contributed by atoms with E-state index in [4.69, 9.17) is 5.73 Å². The van der Waals surface area contributed by atoms with Crippen molar-refractivity contribution in [1.29, 1.82) is 0 Å². The van der Waals surface area contributed by atoms with Gasteiger partial charge in [-0.2, -0.15) is 0 Å². The molecule has 0 saturated carbocycles. The maximum Gasteiger partial charge on any atom is 0.225 e. The summed E-state index contributed by atoms with van der Waals surface area (Å²) >= 11 is 0. The lowest BCUT2D eigenvalue weighted by Crippen LogP contribution is -2.48. The molecule has 1 aromatic carbocycles. The number of nitrogens with two attached hydrogens (primary N) is 1. The Bertz CT molecular complexity index is 508. The molecular weight excluding hydrogens is 269 g/mol. The number of nitrogens with zero attached hydrogens (tertiary/aromatic N) is 1. The van der Waals surface area contributed by atoms with E-state index in [1.165, 1.54) is 18.9 Å². The summed E-state index contributed by atoms with van der Waals surface area (Å²) < 4.78 is 13.5. The van der Waals surface area contributed by atoms with E-state index >= 15 is 0 Å². The largest absolute Gasteiger partial charge is 0.328 e. The zero-order valence-electron chi connectivity index (χ0n) is 12.1. The Hall–Kier alpha value is -1.46. The lowest BCUT2D eigenvalue weighted by atomic mass is 9.98. The fourth-order valence-electron chi connectivity index (χ4n) is 3.69. The van der Waals surface area contributed by atoms with Crippen molar-refractivity contribution in [3.8, 4) is 0 Å². The Kier molecular flexibility index (Phi) is 4.22. The van der Waals surface area contributed by atoms with Crippen LogP contribution in [-0.2, 0) is 4.79 Å². The molecule has 2 heterocycles. The normalized spacial score (nSPS) is 28.6. The van der Waals surface area contributed by atoms with E-state index in [9.17, 15) is 9.18 Å². The number of amides is 1. The standard InChI is InChI=1S/C16H22FN3O/c17-14-3-1-2-4-15(14)19-16(21)7-8-20-12-5-6-13(20)10-11(18)9-12/h1-4,11-13H,5-10,18H2,(H,19,21). The van der Waals surface area contributed by atoms with Crippen molar-refractivity contribution >= 4 is 11.6 Å². The van der Waals surface area contributed by atoms with Gasteiger partial charge in [0, 0.05) is 31.1 Å². The smallest absolute Gasteiger partial charge is 0.225 e. The van der Waals surface area contributed by atoms with Crippen molar-refractivity contribution in [3.05, 3.63) is 30.1 Å². The Morgan fingerprint density at radius 2 is 1.95 bits per heavy atom. The fraction of sp³-hybridized carbons (Fsp3) is 0.562. The molecular formula is C16H22FN3O. The number of carbonyl (C=O) groups excluding carboxylic acids is 1. The first-order valence-corrected chi connectivity index (χ1v) is 7.69. The molecule has 2 atom stereocenters. The SMILES string of the molecule is NC1CC2CCC(C1)N2CCC(=O)Nc1ccccc1F. The van der Waals surface area contributed by atoms with Crippen molar-refractivity contribution in [2.24, 2.45) is 5.73 Å². The molecule has 2 unspecified atom stereocenters. The van der Waals surface area contributed by atoms with Gasteiger partial charge in [-0.1, -0.05) is 12.1 Å². The van der Waals surface area contributed by atoms with Crippen LogP contribution in [0.2, 0.25) is 0 Å². The van der Waals surface area contributed by atoms with Crippen LogP contribution in [0.4, 0.5) is 10.1 Å². The molecule has 4 nitrogen and oxygen atoms in total. The number of hydrogen-bond donors (Lipinski definition) is 2. The van der Waals surface area contributed by atoms with Gasteiger partial charge in [0.05, 0.1) is 5.69 Å². The van der Waals surface area contributed by atoms with Crippen LogP contribution in [0.1, 0.15) is 32.1 Å². The minimum Gasteiger partial charge on any atom is -0.328 e. The number of para-hydroxylation sites is 1. The molecule has 2 aliphatic heterocycles. The summed E-state index contributed by atoms with van der Waals surface area (Å²) in [5.41, 5.74) is 6.30. The molecule has 21 heavy (non-hydrogen) atoms. The topological polar surface area (TPSA) is 58.4 Å². The first-order valence-electron chi connectivity index (χ1n) is 7.69. The molecule has 1 aromatic rings. The van der Waals surface area contributed by atoms with Crippen molar-refractivity contribution in [1.82, 2.24) is 4.90 Å². The van der Waals surface area contributed by atoms with E-state index < -0.39 is 5.82 Å². The summed E-state index contributed by atoms with van der Waals surface area (Å²) in [4.78, 5) is 14.4. The van der Waals surface area contributed by atoms with Crippen LogP contribution in [0.5, 0.6) is 0 Å². The monoisotopic (exact) mass is 291 g/mol. The van der Waals surface area contributed by atoms with Crippen molar-refractivity contribution in [2.75, 3.05) is 11.9 Å². The number of hydrogen-bond acceptors (Lipinski definition) is 3. The third-order valence-electron chi connectivity index (χ3n) is 4.67. The number of nitrogens with one attached hydrogen (secondary N) is 1. The molecule has 5 heteroatoms. The van der Waals surface area contributed by atoms with Crippen LogP contribution in [-0.4, -0.2) is 35.5 Å². The van der Waals surface area contributed by atoms with Crippen LogP contribution < -0.4 is 11.1 Å². The average molecular weight is 291 g/mol. The summed E-state index contributed by atoms with van der Waals surface area (Å²) in [6.45, 7) is 0.738. The molecule has 2 aliphatic rings. The summed E-state index contributed by atoms with van der Waals surface area (Å²) in [5.74, 6) is -0.524. The summed E-state index contributed by atoms with van der Waals surface area (Å²) in [6.07, 6.45) is 4.84. The first-order chi connectivity index (χ1) is 10.1. The number of benzene rings is 1. The zero-order chi connectivity index (χ0) is 14.8. The molecule has 3 rings (SSSR count). The van der Waals surface area contributed by atoms with Gasteiger partial charge in [-0.15, -0.1) is 0 Å². The maximum absolute atomic E-state index is 13.5. The van der Waals surface area contributed by atoms with E-state index in [0.717, 1.165) is 19.4 Å². The molecule has 0 spiro atoms. The summed E-state index contributed by atoms with van der Waals surface area (Å²) in [6, 6.07) is 7.62. The number of rotatable bonds is 4. The van der Waals surface area contributed by atoms with Gasteiger partial charge in [-0.05, 0) is 37.8 Å². The second-order valence-corrected chi connectivity index (χ2v) is 6.13. The minimum atomic E-state index is -0.394. The number of piperidine rings is 1. The Balaban J connectivity index is 1.52. The molecule has 2 fully saturated rings. The van der Waals surface area contributed by atoms with Gasteiger partial charge >= 0.3 is 0 Å². The van der Waals surface area contributed by atoms with Crippen LogP contribution >= 0.6 is 0 Å². The van der Waals surface area contributed by atoms with Gasteiger partial charge in [-0.25, -0.2) is 4.39 Å². The molecule has 1 amide bonds. The third-order valence-corrected chi connectivity index (χ3v) is 4.67. The number of anilines is 1. The van der Waals surface area contributed by atoms with Crippen molar-refractivity contribution < 1.29 is 9.18 Å². The number of halogens is 1. The highest BCUT2D eigenvalue weighted by molar-refractivity contribution is 5.90. The Morgan fingerprint density at radius 1 is 1.29 bits per heavy atom. The molecule has 2 bridgehead atoms. The van der Waals surface area contributed by atoms with Crippen molar-refractivity contribution in [2.45, 2.75) is 50.2 Å². The molecule has 0 radical (unpaired) electrons. The van der Waals surface area contributed by atoms with Crippen LogP contribution in [0, 0.1) is 5.82 Å². The van der Waals surface area contributed by atoms with Gasteiger partial charge in [0.15, 0.2) is 0 Å². The highest BCUT2D eigenvalue weighted by Gasteiger charge is 2.39. The minimum absolute atomic E-state index is 0.130. The van der Waals surface area contributed by atoms with Gasteiger partial charge in [0.25, 0.3) is 0 Å². The van der Waals surface area contributed by atoms with E-state index in [-0.39, 0.29) is 11.6 Å². The maximum atomic E-state index is 13.5. The van der Waals surface area contributed by atoms with Gasteiger partial charge < -0.3 is 11.1 Å². The van der Waals surface area contributed by atoms with Crippen LogP contribution in [0.3, 0.4) is 0 Å². The second-order valence-electron chi connectivity index (χ2n) is 6.13. The van der Waals surface area contributed by atoms with Gasteiger partial charge in [-0.3, -0.25) is 9.69 Å². The quantitative estimate of drug-likeness (QED) is 0.893. The summed E-state index contributed by atoms with van der Waals surface area (Å²) in [7, 11) is 0. The second kappa shape index (κ2) is 6.12.